The van der Waals surface area contributed by atoms with Gasteiger partial charge in [-0.3, -0.25) is 0 Å². The zero-order chi connectivity index (χ0) is 13.2. The predicted octanol–water partition coefficient (Wildman–Crippen LogP) is 3.87. The van der Waals surface area contributed by atoms with Crippen molar-refractivity contribution >= 4 is 27.3 Å². The molecule has 0 radical (unpaired) electrons. The molecule has 0 heterocycles. The second-order valence-electron chi connectivity index (χ2n) is 5.23. The highest BCUT2D eigenvalue weighted by Gasteiger charge is 2.28. The summed E-state index contributed by atoms with van der Waals surface area (Å²) >= 11 is 2.44. The first kappa shape index (κ1) is 15.0. The Morgan fingerprint density at radius 3 is 2.41 bits per heavy atom. The van der Waals surface area contributed by atoms with E-state index in [9.17, 15) is 4.55 Å². The van der Waals surface area contributed by atoms with Crippen LogP contribution in [0.5, 0.6) is 0 Å². The molecule has 0 unspecified atom stereocenters. The molecule has 0 fully saturated rings. The maximum absolute atomic E-state index is 12.0. The van der Waals surface area contributed by atoms with Crippen molar-refractivity contribution in [1.82, 2.24) is 4.72 Å². The van der Waals surface area contributed by atoms with Crippen molar-refractivity contribution in [2.24, 2.45) is 0 Å². The SMILES string of the molecule is Cc1cc([C@@H](C)N[S@+]([O-])C(C)(C)C)ccc1Br. The molecule has 0 aromatic heterocycles. The fourth-order valence-corrected chi connectivity index (χ4v) is 2.40. The van der Waals surface area contributed by atoms with Gasteiger partial charge in [0.15, 0.2) is 0 Å². The molecule has 0 amide bonds. The van der Waals surface area contributed by atoms with Crippen LogP contribution < -0.4 is 4.72 Å². The van der Waals surface area contributed by atoms with Crippen LogP contribution in [-0.4, -0.2) is 9.30 Å². The van der Waals surface area contributed by atoms with E-state index >= 15 is 0 Å². The van der Waals surface area contributed by atoms with Crippen LogP contribution in [0.25, 0.3) is 0 Å². The first-order valence-electron chi connectivity index (χ1n) is 5.66. The Morgan fingerprint density at radius 1 is 1.35 bits per heavy atom. The minimum atomic E-state index is -1.04. The van der Waals surface area contributed by atoms with Gasteiger partial charge in [-0.2, -0.15) is 0 Å². The van der Waals surface area contributed by atoms with Crippen LogP contribution in [0.2, 0.25) is 0 Å². The van der Waals surface area contributed by atoms with Crippen LogP contribution >= 0.6 is 15.9 Å². The van der Waals surface area contributed by atoms with Crippen molar-refractivity contribution < 1.29 is 4.55 Å². The molecule has 2 nitrogen and oxygen atoms in total. The Balaban J connectivity index is 2.76. The van der Waals surface area contributed by atoms with E-state index in [1.807, 2.05) is 33.8 Å². The number of hydrogen-bond acceptors (Lipinski definition) is 2. The van der Waals surface area contributed by atoms with Gasteiger partial charge < -0.3 is 4.55 Å². The number of aryl methyl sites for hydroxylation is 1. The summed E-state index contributed by atoms with van der Waals surface area (Å²) in [4.78, 5) is 0. The molecular formula is C13H20BrNOS. The summed E-state index contributed by atoms with van der Waals surface area (Å²) in [6, 6.07) is 6.28. The second kappa shape index (κ2) is 5.74. The largest absolute Gasteiger partial charge is 0.598 e. The minimum absolute atomic E-state index is 0.0851. The summed E-state index contributed by atoms with van der Waals surface area (Å²) in [5, 5.41) is 0. The molecule has 0 aliphatic rings. The maximum Gasteiger partial charge on any atom is 0.136 e. The van der Waals surface area contributed by atoms with Crippen LogP contribution in [0, 0.1) is 6.92 Å². The standard InChI is InChI=1S/C13H20BrNOS/c1-9-8-11(6-7-12(9)14)10(2)15-17(16)13(3,4)5/h6-8,10,15H,1-5H3/t10-,17-/m1/s1. The number of nitrogens with one attached hydrogen (secondary N) is 1. The molecule has 1 N–H and O–H groups in total. The molecule has 1 rings (SSSR count). The van der Waals surface area contributed by atoms with E-state index in [1.54, 1.807) is 0 Å². The molecule has 4 heteroatoms. The average Bonchev–Trinajstić information content (AvgIpc) is 2.20. The number of benzene rings is 1. The van der Waals surface area contributed by atoms with E-state index in [4.69, 9.17) is 0 Å². The predicted molar refractivity (Wildman–Crippen MR) is 78.3 cm³/mol. The van der Waals surface area contributed by atoms with E-state index < -0.39 is 11.4 Å². The molecule has 96 valence electrons. The highest BCUT2D eigenvalue weighted by molar-refractivity contribution is 9.10. The van der Waals surface area contributed by atoms with Gasteiger partial charge in [0.1, 0.15) is 4.75 Å². The van der Waals surface area contributed by atoms with Gasteiger partial charge in [-0.25, -0.2) is 0 Å². The van der Waals surface area contributed by atoms with Crippen LogP contribution in [-0.2, 0) is 11.4 Å². The van der Waals surface area contributed by atoms with Gasteiger partial charge in [-0.05, 0) is 51.8 Å². The number of rotatable bonds is 3. The van der Waals surface area contributed by atoms with Crippen molar-refractivity contribution in [3.05, 3.63) is 33.8 Å². The Hall–Kier alpha value is -0.0300. The monoisotopic (exact) mass is 317 g/mol. The molecule has 0 spiro atoms. The molecule has 2 atom stereocenters. The van der Waals surface area contributed by atoms with Crippen LogP contribution in [0.15, 0.2) is 22.7 Å². The highest BCUT2D eigenvalue weighted by Crippen LogP contribution is 2.23. The van der Waals surface area contributed by atoms with Gasteiger partial charge in [-0.1, -0.05) is 28.1 Å². The Morgan fingerprint density at radius 2 is 1.94 bits per heavy atom. The van der Waals surface area contributed by atoms with Gasteiger partial charge in [0.25, 0.3) is 0 Å². The zero-order valence-corrected chi connectivity index (χ0v) is 13.4. The lowest BCUT2D eigenvalue weighted by atomic mass is 10.1. The smallest absolute Gasteiger partial charge is 0.136 e. The van der Waals surface area contributed by atoms with E-state index in [-0.39, 0.29) is 10.8 Å². The van der Waals surface area contributed by atoms with Crippen molar-refractivity contribution in [3.63, 3.8) is 0 Å². The first-order valence-corrected chi connectivity index (χ1v) is 7.60. The molecule has 0 saturated heterocycles. The van der Waals surface area contributed by atoms with Crippen LogP contribution in [0.1, 0.15) is 44.9 Å². The molecule has 0 bridgehead atoms. The average molecular weight is 318 g/mol. The maximum atomic E-state index is 12.0. The van der Waals surface area contributed by atoms with E-state index in [2.05, 4.69) is 39.7 Å². The first-order chi connectivity index (χ1) is 7.71. The summed E-state index contributed by atoms with van der Waals surface area (Å²) in [5.41, 5.74) is 2.35. The van der Waals surface area contributed by atoms with Gasteiger partial charge in [0.2, 0.25) is 0 Å². The second-order valence-corrected chi connectivity index (χ2v) is 8.08. The molecule has 1 aromatic rings. The third-order valence-electron chi connectivity index (χ3n) is 2.52. The summed E-state index contributed by atoms with van der Waals surface area (Å²) in [6.07, 6.45) is 0. The molecule has 1 aromatic carbocycles. The van der Waals surface area contributed by atoms with Gasteiger partial charge in [0, 0.05) is 15.8 Å². The van der Waals surface area contributed by atoms with Crippen molar-refractivity contribution in [2.45, 2.75) is 45.4 Å². The summed E-state index contributed by atoms with van der Waals surface area (Å²) in [5.74, 6) is 0. The van der Waals surface area contributed by atoms with E-state index in [0.717, 1.165) is 10.0 Å². The van der Waals surface area contributed by atoms with Gasteiger partial charge in [-0.15, -0.1) is 4.72 Å². The van der Waals surface area contributed by atoms with Crippen molar-refractivity contribution in [3.8, 4) is 0 Å². The van der Waals surface area contributed by atoms with E-state index in [0.29, 0.717) is 0 Å². The highest BCUT2D eigenvalue weighted by atomic mass is 79.9. The topological polar surface area (TPSA) is 35.1 Å². The van der Waals surface area contributed by atoms with E-state index in [1.165, 1.54) is 5.56 Å². The van der Waals surface area contributed by atoms with Crippen molar-refractivity contribution in [1.29, 1.82) is 0 Å². The Bertz CT molecular complexity index is 389. The number of hydrogen-bond donors (Lipinski definition) is 1. The lowest BCUT2D eigenvalue weighted by Crippen LogP contribution is -2.40. The fourth-order valence-electron chi connectivity index (χ4n) is 1.34. The Labute approximate surface area is 116 Å². The quantitative estimate of drug-likeness (QED) is 0.859. The lowest BCUT2D eigenvalue weighted by molar-refractivity contribution is 0.531. The zero-order valence-electron chi connectivity index (χ0n) is 11.0. The molecule has 0 aliphatic carbocycles. The number of halogens is 1. The van der Waals surface area contributed by atoms with Crippen LogP contribution in [0.4, 0.5) is 0 Å². The molecule has 0 saturated carbocycles. The summed E-state index contributed by atoms with van der Waals surface area (Å²) in [7, 11) is 0. The minimum Gasteiger partial charge on any atom is -0.598 e. The molecule has 0 aliphatic heterocycles. The molecule has 17 heavy (non-hydrogen) atoms. The normalized spacial score (nSPS) is 15.7. The molecular weight excluding hydrogens is 298 g/mol. The van der Waals surface area contributed by atoms with Gasteiger partial charge in [0.05, 0.1) is 6.04 Å². The fraction of sp³-hybridized carbons (Fsp3) is 0.538. The summed E-state index contributed by atoms with van der Waals surface area (Å²) in [6.45, 7) is 9.99. The van der Waals surface area contributed by atoms with Crippen molar-refractivity contribution in [2.75, 3.05) is 0 Å². The Kier molecular flexibility index (Phi) is 5.07. The van der Waals surface area contributed by atoms with Crippen LogP contribution in [0.3, 0.4) is 0 Å². The third kappa shape index (κ3) is 4.28. The van der Waals surface area contributed by atoms with Gasteiger partial charge >= 0.3 is 0 Å². The summed E-state index contributed by atoms with van der Waals surface area (Å²) < 4.78 is 16.0. The third-order valence-corrected chi connectivity index (χ3v) is 5.09. The lowest BCUT2D eigenvalue weighted by Gasteiger charge is -2.26.